The average molecular weight is 248 g/mol. The first-order valence-corrected chi connectivity index (χ1v) is 6.25. The van der Waals surface area contributed by atoms with Gasteiger partial charge < -0.3 is 9.15 Å². The van der Waals surface area contributed by atoms with Crippen molar-refractivity contribution in [1.29, 1.82) is 0 Å². The van der Waals surface area contributed by atoms with Crippen LogP contribution in [0.3, 0.4) is 0 Å². The zero-order valence-corrected chi connectivity index (χ0v) is 9.74. The molecule has 0 radical (unpaired) electrons. The first-order valence-electron chi connectivity index (χ1n) is 4.43. The van der Waals surface area contributed by atoms with Gasteiger partial charge in [0.05, 0.1) is 26.2 Å². The Bertz CT molecular complexity index is 458. The average Bonchev–Trinajstić information content (AvgIpc) is 2.63. The number of esters is 1. The van der Waals surface area contributed by atoms with Crippen LogP contribution in [0.4, 0.5) is 0 Å². The Morgan fingerprint density at radius 1 is 1.50 bits per heavy atom. The molecule has 0 unspecified atom stereocenters. The minimum absolute atomic E-state index is 0.0731. The Morgan fingerprint density at radius 3 is 2.75 bits per heavy atom. The van der Waals surface area contributed by atoms with E-state index in [1.807, 2.05) is 0 Å². The molecule has 0 saturated carbocycles. The lowest BCUT2D eigenvalue weighted by Gasteiger charge is -2.01. The molecule has 0 aliphatic rings. The van der Waals surface area contributed by atoms with Gasteiger partial charge in [0, 0.05) is 6.42 Å². The lowest BCUT2D eigenvalue weighted by Crippen LogP contribution is -2.08. The summed E-state index contributed by atoms with van der Waals surface area (Å²) in [6.45, 7) is -0.0731. The normalized spacial score (nSPS) is 11.4. The van der Waals surface area contributed by atoms with Crippen LogP contribution in [0.5, 0.6) is 0 Å². The fraction of sp³-hybridized carbons (Fsp3) is 0.444. The van der Waals surface area contributed by atoms with Gasteiger partial charge in [-0.15, -0.1) is 0 Å². The van der Waals surface area contributed by atoms with E-state index in [0.717, 1.165) is 6.26 Å². The highest BCUT2D eigenvalue weighted by Gasteiger charge is 2.15. The van der Waals surface area contributed by atoms with Crippen LogP contribution in [-0.2, 0) is 25.5 Å². The molecule has 0 aliphatic carbocycles. The Balaban J connectivity index is 2.61. The molecular weight excluding hydrogens is 236 g/mol. The van der Waals surface area contributed by atoms with Gasteiger partial charge in [-0.2, -0.15) is 8.42 Å². The highest BCUT2D eigenvalue weighted by Crippen LogP contribution is 2.12. The highest BCUT2D eigenvalue weighted by atomic mass is 32.2. The largest absolute Gasteiger partial charge is 0.468 e. The molecule has 1 aromatic rings. The molecule has 0 atom stereocenters. The third kappa shape index (κ3) is 3.67. The second-order valence-electron chi connectivity index (χ2n) is 3.03. The van der Waals surface area contributed by atoms with Gasteiger partial charge >= 0.3 is 5.97 Å². The predicted molar refractivity (Wildman–Crippen MR) is 54.5 cm³/mol. The summed E-state index contributed by atoms with van der Waals surface area (Å²) in [7, 11) is -2.22. The molecule has 0 N–H and O–H groups in total. The topological polar surface area (TPSA) is 82.8 Å². The van der Waals surface area contributed by atoms with Crippen molar-refractivity contribution in [2.24, 2.45) is 0 Å². The Morgan fingerprint density at radius 2 is 2.19 bits per heavy atom. The molecule has 7 heteroatoms. The van der Waals surface area contributed by atoms with Gasteiger partial charge in [-0.25, -0.2) is 4.79 Å². The zero-order valence-electron chi connectivity index (χ0n) is 8.93. The van der Waals surface area contributed by atoms with Crippen molar-refractivity contribution in [3.8, 4) is 0 Å². The molecule has 0 aliphatic heterocycles. The van der Waals surface area contributed by atoms with Crippen molar-refractivity contribution in [1.82, 2.24) is 0 Å². The molecule has 0 spiro atoms. The van der Waals surface area contributed by atoms with E-state index in [-0.39, 0.29) is 18.6 Å². The van der Waals surface area contributed by atoms with E-state index in [0.29, 0.717) is 5.76 Å². The molecule has 16 heavy (non-hydrogen) atoms. The van der Waals surface area contributed by atoms with Crippen LogP contribution in [0.2, 0.25) is 0 Å². The number of ether oxygens (including phenoxy) is 1. The molecule has 1 heterocycles. The third-order valence-corrected chi connectivity index (χ3v) is 2.37. The first kappa shape index (κ1) is 12.7. The summed E-state index contributed by atoms with van der Waals surface area (Å²) >= 11 is 0. The van der Waals surface area contributed by atoms with Crippen LogP contribution in [0.25, 0.3) is 0 Å². The summed E-state index contributed by atoms with van der Waals surface area (Å²) in [6, 6.07) is 1.46. The number of carbonyl (C=O) groups is 1. The molecule has 6 nitrogen and oxygen atoms in total. The Hall–Kier alpha value is -1.34. The Labute approximate surface area is 93.3 Å². The van der Waals surface area contributed by atoms with Gasteiger partial charge in [0.1, 0.15) is 11.3 Å². The number of hydrogen-bond acceptors (Lipinski definition) is 6. The fourth-order valence-corrected chi connectivity index (χ4v) is 1.50. The Kier molecular flexibility index (Phi) is 4.08. The van der Waals surface area contributed by atoms with E-state index in [4.69, 9.17) is 4.42 Å². The SMILES string of the molecule is COC(=O)c1ccoc1CCOS(C)(=O)=O. The van der Waals surface area contributed by atoms with Gasteiger partial charge in [-0.3, -0.25) is 4.18 Å². The van der Waals surface area contributed by atoms with Gasteiger partial charge in [-0.05, 0) is 6.07 Å². The smallest absolute Gasteiger partial charge is 0.341 e. The summed E-state index contributed by atoms with van der Waals surface area (Å²) in [5.41, 5.74) is 0.277. The highest BCUT2D eigenvalue weighted by molar-refractivity contribution is 7.85. The maximum atomic E-state index is 11.2. The second-order valence-corrected chi connectivity index (χ2v) is 4.67. The van der Waals surface area contributed by atoms with Crippen LogP contribution in [0.15, 0.2) is 16.7 Å². The minimum Gasteiger partial charge on any atom is -0.468 e. The van der Waals surface area contributed by atoms with Gasteiger partial charge in [0.15, 0.2) is 0 Å². The number of furan rings is 1. The van der Waals surface area contributed by atoms with E-state index < -0.39 is 16.1 Å². The number of hydrogen-bond donors (Lipinski definition) is 0. The number of methoxy groups -OCH3 is 1. The standard InChI is InChI=1S/C9H12O6S/c1-13-9(10)7-3-5-14-8(7)4-6-15-16(2,11)12/h3,5H,4,6H2,1-2H3. The van der Waals surface area contributed by atoms with E-state index in [1.54, 1.807) is 0 Å². The summed E-state index contributed by atoms with van der Waals surface area (Å²) in [5, 5.41) is 0. The van der Waals surface area contributed by atoms with E-state index in [9.17, 15) is 13.2 Å². The van der Waals surface area contributed by atoms with Crippen LogP contribution >= 0.6 is 0 Å². The molecule has 1 rings (SSSR count). The van der Waals surface area contributed by atoms with Gasteiger partial charge in [0.2, 0.25) is 0 Å². The minimum atomic E-state index is -3.47. The predicted octanol–water partition coefficient (Wildman–Crippen LogP) is 0.585. The zero-order chi connectivity index (χ0) is 12.2. The maximum Gasteiger partial charge on any atom is 0.341 e. The number of rotatable bonds is 5. The number of carbonyl (C=O) groups excluding carboxylic acids is 1. The lowest BCUT2D eigenvalue weighted by atomic mass is 10.2. The van der Waals surface area contributed by atoms with Gasteiger partial charge in [-0.1, -0.05) is 0 Å². The molecule has 1 aromatic heterocycles. The fourth-order valence-electron chi connectivity index (χ4n) is 1.11. The van der Waals surface area contributed by atoms with Crippen molar-refractivity contribution < 1.29 is 26.5 Å². The molecule has 0 fully saturated rings. The quantitative estimate of drug-likeness (QED) is 0.560. The van der Waals surface area contributed by atoms with Crippen molar-refractivity contribution in [3.63, 3.8) is 0 Å². The second kappa shape index (κ2) is 5.13. The lowest BCUT2D eigenvalue weighted by molar-refractivity contribution is 0.0598. The van der Waals surface area contributed by atoms with Crippen LogP contribution in [0.1, 0.15) is 16.1 Å². The van der Waals surface area contributed by atoms with Crippen molar-refractivity contribution in [2.45, 2.75) is 6.42 Å². The van der Waals surface area contributed by atoms with Crippen molar-refractivity contribution in [3.05, 3.63) is 23.7 Å². The van der Waals surface area contributed by atoms with Crippen LogP contribution in [0, 0.1) is 0 Å². The molecule has 0 bridgehead atoms. The van der Waals surface area contributed by atoms with Crippen molar-refractivity contribution >= 4 is 16.1 Å². The van der Waals surface area contributed by atoms with Crippen LogP contribution in [-0.4, -0.2) is 34.4 Å². The maximum absolute atomic E-state index is 11.2. The molecule has 90 valence electrons. The van der Waals surface area contributed by atoms with Crippen LogP contribution < -0.4 is 0 Å². The molecular formula is C9H12O6S. The molecule has 0 amide bonds. The summed E-state index contributed by atoms with van der Waals surface area (Å²) in [5.74, 6) is -0.182. The first-order chi connectivity index (χ1) is 7.44. The molecule has 0 aromatic carbocycles. The van der Waals surface area contributed by atoms with E-state index in [2.05, 4.69) is 8.92 Å². The summed E-state index contributed by atoms with van der Waals surface area (Å²) < 4.78 is 35.5. The van der Waals surface area contributed by atoms with Gasteiger partial charge in [0.25, 0.3) is 10.1 Å². The monoisotopic (exact) mass is 248 g/mol. The molecule has 0 saturated heterocycles. The summed E-state index contributed by atoms with van der Waals surface area (Å²) in [6.07, 6.45) is 2.48. The summed E-state index contributed by atoms with van der Waals surface area (Å²) in [4.78, 5) is 11.2. The third-order valence-electron chi connectivity index (χ3n) is 1.78. The van der Waals surface area contributed by atoms with E-state index >= 15 is 0 Å². The van der Waals surface area contributed by atoms with E-state index in [1.165, 1.54) is 19.4 Å². The van der Waals surface area contributed by atoms with Crippen molar-refractivity contribution in [2.75, 3.05) is 20.0 Å².